The predicted octanol–water partition coefficient (Wildman–Crippen LogP) is 3.10. The molecule has 0 saturated carbocycles. The Morgan fingerprint density at radius 1 is 1.26 bits per heavy atom. The Bertz CT molecular complexity index is 735. The first-order chi connectivity index (χ1) is 9.16. The fourth-order valence-electron chi connectivity index (χ4n) is 2.01. The molecular formula is C13H12BrN5. The molecule has 2 heterocycles. The molecule has 3 rings (SSSR count). The van der Waals surface area contributed by atoms with Gasteiger partial charge in [0.15, 0.2) is 5.82 Å². The minimum absolute atomic E-state index is 0.251. The van der Waals surface area contributed by atoms with Gasteiger partial charge in [-0.3, -0.25) is 4.98 Å². The van der Waals surface area contributed by atoms with E-state index in [0.29, 0.717) is 0 Å². The van der Waals surface area contributed by atoms with Crippen molar-refractivity contribution in [1.82, 2.24) is 25.2 Å². The highest BCUT2D eigenvalue weighted by atomic mass is 79.9. The summed E-state index contributed by atoms with van der Waals surface area (Å²) in [6.45, 7) is 4.13. The largest absolute Gasteiger partial charge is 0.253 e. The SMILES string of the molecule is CC(C)c1nnnn1-c1cccc2cc(Br)cnc12. The minimum atomic E-state index is 0.251. The van der Waals surface area contributed by atoms with E-state index in [2.05, 4.69) is 50.3 Å². The van der Waals surface area contributed by atoms with E-state index in [1.807, 2.05) is 24.3 Å². The van der Waals surface area contributed by atoms with Crippen LogP contribution in [0.5, 0.6) is 0 Å². The maximum absolute atomic E-state index is 4.47. The van der Waals surface area contributed by atoms with E-state index in [4.69, 9.17) is 0 Å². The summed E-state index contributed by atoms with van der Waals surface area (Å²) in [5.74, 6) is 1.08. The molecule has 0 saturated heterocycles. The van der Waals surface area contributed by atoms with Gasteiger partial charge in [-0.15, -0.1) is 5.10 Å². The summed E-state index contributed by atoms with van der Waals surface area (Å²) in [4.78, 5) is 4.47. The number of hydrogen-bond acceptors (Lipinski definition) is 4. The fraction of sp³-hybridized carbons (Fsp3) is 0.231. The third-order valence-corrected chi connectivity index (χ3v) is 3.33. The van der Waals surface area contributed by atoms with Crippen LogP contribution in [0.1, 0.15) is 25.6 Å². The smallest absolute Gasteiger partial charge is 0.159 e. The van der Waals surface area contributed by atoms with Crippen molar-refractivity contribution in [1.29, 1.82) is 0 Å². The van der Waals surface area contributed by atoms with Gasteiger partial charge >= 0.3 is 0 Å². The average Bonchev–Trinajstić information content (AvgIpc) is 2.86. The highest BCUT2D eigenvalue weighted by Crippen LogP contribution is 2.24. The Hall–Kier alpha value is -1.82. The van der Waals surface area contributed by atoms with Crippen molar-refractivity contribution in [3.63, 3.8) is 0 Å². The molecule has 19 heavy (non-hydrogen) atoms. The normalized spacial score (nSPS) is 11.4. The van der Waals surface area contributed by atoms with Crippen molar-refractivity contribution in [3.05, 3.63) is 40.8 Å². The van der Waals surface area contributed by atoms with Gasteiger partial charge in [-0.05, 0) is 38.5 Å². The number of pyridine rings is 1. The van der Waals surface area contributed by atoms with Gasteiger partial charge < -0.3 is 0 Å². The standard InChI is InChI=1S/C13H12BrN5/c1-8(2)13-16-17-18-19(13)11-5-3-4-9-6-10(14)7-15-12(9)11/h3-8H,1-2H3. The molecule has 2 aromatic heterocycles. The number of halogens is 1. The van der Waals surface area contributed by atoms with Crippen LogP contribution in [0.4, 0.5) is 0 Å². The van der Waals surface area contributed by atoms with Crippen molar-refractivity contribution in [2.45, 2.75) is 19.8 Å². The van der Waals surface area contributed by atoms with E-state index in [1.165, 1.54) is 0 Å². The number of hydrogen-bond donors (Lipinski definition) is 0. The van der Waals surface area contributed by atoms with E-state index in [0.717, 1.165) is 26.9 Å². The number of fused-ring (bicyclic) bond motifs is 1. The zero-order valence-corrected chi connectivity index (χ0v) is 12.2. The fourth-order valence-corrected chi connectivity index (χ4v) is 2.36. The third kappa shape index (κ3) is 2.12. The molecule has 0 amide bonds. The number of rotatable bonds is 2. The van der Waals surface area contributed by atoms with Crippen LogP contribution in [-0.2, 0) is 0 Å². The van der Waals surface area contributed by atoms with E-state index < -0.39 is 0 Å². The zero-order chi connectivity index (χ0) is 13.4. The minimum Gasteiger partial charge on any atom is -0.253 e. The summed E-state index contributed by atoms with van der Waals surface area (Å²) in [5, 5.41) is 13.0. The molecular weight excluding hydrogens is 306 g/mol. The highest BCUT2D eigenvalue weighted by Gasteiger charge is 2.14. The zero-order valence-electron chi connectivity index (χ0n) is 10.6. The Morgan fingerprint density at radius 3 is 2.89 bits per heavy atom. The van der Waals surface area contributed by atoms with Gasteiger partial charge in [0, 0.05) is 22.0 Å². The first-order valence-electron chi connectivity index (χ1n) is 6.00. The van der Waals surface area contributed by atoms with Crippen LogP contribution < -0.4 is 0 Å². The molecule has 0 aliphatic heterocycles. The molecule has 0 aliphatic carbocycles. The molecule has 0 spiro atoms. The van der Waals surface area contributed by atoms with Crippen molar-refractivity contribution in [2.24, 2.45) is 0 Å². The van der Waals surface area contributed by atoms with Crippen LogP contribution in [0.2, 0.25) is 0 Å². The third-order valence-electron chi connectivity index (χ3n) is 2.89. The molecule has 0 fully saturated rings. The molecule has 0 aliphatic rings. The second kappa shape index (κ2) is 4.70. The second-order valence-corrected chi connectivity index (χ2v) is 5.52. The molecule has 1 aromatic carbocycles. The topological polar surface area (TPSA) is 56.5 Å². The van der Waals surface area contributed by atoms with Crippen LogP contribution in [0.25, 0.3) is 16.6 Å². The summed E-state index contributed by atoms with van der Waals surface area (Å²) >= 11 is 3.43. The lowest BCUT2D eigenvalue weighted by molar-refractivity contribution is 0.712. The summed E-state index contributed by atoms with van der Waals surface area (Å²) in [5.41, 5.74) is 1.79. The molecule has 0 radical (unpaired) electrons. The lowest BCUT2D eigenvalue weighted by Crippen LogP contribution is -2.05. The van der Waals surface area contributed by atoms with Gasteiger partial charge in [0.05, 0.1) is 11.2 Å². The summed E-state index contributed by atoms with van der Waals surface area (Å²) in [6, 6.07) is 8.02. The van der Waals surface area contributed by atoms with E-state index >= 15 is 0 Å². The lowest BCUT2D eigenvalue weighted by Gasteiger charge is -2.09. The Balaban J connectivity index is 2.28. The van der Waals surface area contributed by atoms with Gasteiger partial charge in [0.1, 0.15) is 0 Å². The number of tetrazole rings is 1. The Morgan fingerprint density at radius 2 is 2.11 bits per heavy atom. The summed E-state index contributed by atoms with van der Waals surface area (Å²) in [7, 11) is 0. The van der Waals surface area contributed by atoms with Gasteiger partial charge in [0.2, 0.25) is 0 Å². The van der Waals surface area contributed by atoms with Gasteiger partial charge in [-0.1, -0.05) is 26.0 Å². The van der Waals surface area contributed by atoms with Gasteiger partial charge in [0.25, 0.3) is 0 Å². The maximum atomic E-state index is 4.47. The maximum Gasteiger partial charge on any atom is 0.159 e. The molecule has 3 aromatic rings. The number of para-hydroxylation sites is 1. The van der Waals surface area contributed by atoms with Crippen LogP contribution in [0.3, 0.4) is 0 Å². The molecule has 0 atom stereocenters. The molecule has 5 nitrogen and oxygen atoms in total. The van der Waals surface area contributed by atoms with E-state index in [1.54, 1.807) is 10.9 Å². The number of nitrogens with zero attached hydrogens (tertiary/aromatic N) is 5. The predicted molar refractivity (Wildman–Crippen MR) is 76.2 cm³/mol. The highest BCUT2D eigenvalue weighted by molar-refractivity contribution is 9.10. The Kier molecular flexibility index (Phi) is 3.02. The van der Waals surface area contributed by atoms with Gasteiger partial charge in [-0.25, -0.2) is 0 Å². The average molecular weight is 318 g/mol. The van der Waals surface area contributed by atoms with Crippen molar-refractivity contribution >= 4 is 26.8 Å². The second-order valence-electron chi connectivity index (χ2n) is 4.61. The van der Waals surface area contributed by atoms with Crippen molar-refractivity contribution < 1.29 is 0 Å². The molecule has 0 bridgehead atoms. The van der Waals surface area contributed by atoms with Crippen molar-refractivity contribution in [2.75, 3.05) is 0 Å². The molecule has 0 N–H and O–H groups in total. The number of benzene rings is 1. The molecule has 0 unspecified atom stereocenters. The first-order valence-corrected chi connectivity index (χ1v) is 6.79. The monoisotopic (exact) mass is 317 g/mol. The van der Waals surface area contributed by atoms with Crippen molar-refractivity contribution in [3.8, 4) is 5.69 Å². The first kappa shape index (κ1) is 12.2. The molecule has 6 heteroatoms. The summed E-state index contributed by atoms with van der Waals surface area (Å²) in [6.07, 6.45) is 1.78. The Labute approximate surface area is 118 Å². The van der Waals surface area contributed by atoms with Crippen LogP contribution in [0, 0.1) is 0 Å². The van der Waals surface area contributed by atoms with Gasteiger partial charge in [-0.2, -0.15) is 4.68 Å². The summed E-state index contributed by atoms with van der Waals surface area (Å²) < 4.78 is 2.71. The quantitative estimate of drug-likeness (QED) is 0.728. The van der Waals surface area contributed by atoms with Crippen LogP contribution >= 0.6 is 15.9 Å². The van der Waals surface area contributed by atoms with E-state index in [9.17, 15) is 0 Å². The number of aromatic nitrogens is 5. The van der Waals surface area contributed by atoms with E-state index in [-0.39, 0.29) is 5.92 Å². The lowest BCUT2D eigenvalue weighted by atomic mass is 10.1. The van der Waals surface area contributed by atoms with Crippen LogP contribution in [0.15, 0.2) is 34.9 Å². The molecule has 96 valence electrons. The van der Waals surface area contributed by atoms with Crippen LogP contribution in [-0.4, -0.2) is 25.2 Å².